The highest BCUT2D eigenvalue weighted by Crippen LogP contribution is 2.23. The van der Waals surface area contributed by atoms with E-state index in [-0.39, 0.29) is 5.41 Å². The van der Waals surface area contributed by atoms with Gasteiger partial charge in [0.2, 0.25) is 0 Å². The van der Waals surface area contributed by atoms with Crippen molar-refractivity contribution < 1.29 is 0 Å². The van der Waals surface area contributed by atoms with Crippen molar-refractivity contribution in [2.75, 3.05) is 5.33 Å². The Balaban J connectivity index is 2.37. The molecule has 0 N–H and O–H groups in total. The van der Waals surface area contributed by atoms with Crippen LogP contribution in [0.4, 0.5) is 0 Å². The Morgan fingerprint density at radius 3 is 2.80 bits per heavy atom. The summed E-state index contributed by atoms with van der Waals surface area (Å²) in [5, 5.41) is 6.62. The zero-order valence-electron chi connectivity index (χ0n) is 9.07. The summed E-state index contributed by atoms with van der Waals surface area (Å²) in [4.78, 5) is 0. The third-order valence-corrected chi connectivity index (χ3v) is 4.01. The molecule has 0 amide bonds. The number of rotatable bonds is 3. The topological polar surface area (TPSA) is 17.8 Å². The van der Waals surface area contributed by atoms with E-state index < -0.39 is 0 Å². The lowest BCUT2D eigenvalue weighted by Gasteiger charge is -2.21. The van der Waals surface area contributed by atoms with E-state index in [1.54, 1.807) is 0 Å². The molecule has 2 nitrogen and oxygen atoms in total. The fourth-order valence-electron chi connectivity index (χ4n) is 1.60. The minimum atomic E-state index is 0.231. The van der Waals surface area contributed by atoms with Crippen LogP contribution in [0.5, 0.6) is 0 Å². The molecule has 2 aromatic rings. The number of aromatic nitrogens is 2. The number of halogens is 1. The van der Waals surface area contributed by atoms with E-state index in [2.05, 4.69) is 57.8 Å². The molecule has 3 heteroatoms. The second kappa shape index (κ2) is 3.97. The third-order valence-electron chi connectivity index (χ3n) is 2.49. The van der Waals surface area contributed by atoms with Gasteiger partial charge in [-0.15, -0.1) is 0 Å². The molecule has 0 atom stereocenters. The highest BCUT2D eigenvalue weighted by molar-refractivity contribution is 9.09. The molecule has 2 rings (SSSR count). The van der Waals surface area contributed by atoms with Crippen LogP contribution in [-0.4, -0.2) is 15.1 Å². The van der Waals surface area contributed by atoms with Crippen molar-refractivity contribution in [3.8, 4) is 0 Å². The van der Waals surface area contributed by atoms with Gasteiger partial charge in [-0.25, -0.2) is 0 Å². The standard InChI is InChI=1S/C12H15BrN2/c1-12(2,8-13)9-15-11-6-4-3-5-10(11)7-14-15/h3-7H,8-9H2,1-2H3. The van der Waals surface area contributed by atoms with Gasteiger partial charge >= 0.3 is 0 Å². The lowest BCUT2D eigenvalue weighted by atomic mass is 9.97. The van der Waals surface area contributed by atoms with Gasteiger partial charge in [-0.3, -0.25) is 4.68 Å². The summed E-state index contributed by atoms with van der Waals surface area (Å²) in [6.45, 7) is 5.40. The van der Waals surface area contributed by atoms with Crippen LogP contribution in [-0.2, 0) is 6.54 Å². The fraction of sp³-hybridized carbons (Fsp3) is 0.417. The molecule has 0 bridgehead atoms. The quantitative estimate of drug-likeness (QED) is 0.779. The molecule has 0 aliphatic rings. The number of para-hydroxylation sites is 1. The molecule has 0 aliphatic heterocycles. The number of hydrogen-bond donors (Lipinski definition) is 0. The minimum Gasteiger partial charge on any atom is -0.264 e. The van der Waals surface area contributed by atoms with Crippen molar-refractivity contribution in [2.24, 2.45) is 5.41 Å². The monoisotopic (exact) mass is 266 g/mol. The zero-order chi connectivity index (χ0) is 10.9. The van der Waals surface area contributed by atoms with Gasteiger partial charge < -0.3 is 0 Å². The summed E-state index contributed by atoms with van der Waals surface area (Å²) in [5.74, 6) is 0. The van der Waals surface area contributed by atoms with E-state index in [1.165, 1.54) is 10.9 Å². The summed E-state index contributed by atoms with van der Waals surface area (Å²) in [6, 6.07) is 8.32. The summed E-state index contributed by atoms with van der Waals surface area (Å²) >= 11 is 3.54. The molecule has 0 aliphatic carbocycles. The van der Waals surface area contributed by atoms with Gasteiger partial charge in [0.25, 0.3) is 0 Å². The maximum Gasteiger partial charge on any atom is 0.0682 e. The van der Waals surface area contributed by atoms with Gasteiger partial charge in [0.15, 0.2) is 0 Å². The van der Waals surface area contributed by atoms with E-state index >= 15 is 0 Å². The van der Waals surface area contributed by atoms with Crippen LogP contribution in [0.1, 0.15) is 13.8 Å². The smallest absolute Gasteiger partial charge is 0.0682 e. The molecule has 0 saturated heterocycles. The molecule has 0 radical (unpaired) electrons. The van der Waals surface area contributed by atoms with E-state index in [0.717, 1.165) is 11.9 Å². The van der Waals surface area contributed by atoms with Crippen molar-refractivity contribution in [1.29, 1.82) is 0 Å². The van der Waals surface area contributed by atoms with Crippen LogP contribution >= 0.6 is 15.9 Å². The Kier molecular flexibility index (Phi) is 2.83. The molecular formula is C12H15BrN2. The van der Waals surface area contributed by atoms with Crippen molar-refractivity contribution in [3.05, 3.63) is 30.5 Å². The molecule has 1 heterocycles. The first-order valence-electron chi connectivity index (χ1n) is 5.09. The van der Waals surface area contributed by atoms with Crippen molar-refractivity contribution in [1.82, 2.24) is 9.78 Å². The van der Waals surface area contributed by atoms with Crippen LogP contribution in [0.3, 0.4) is 0 Å². The molecule has 1 aromatic carbocycles. The lowest BCUT2D eigenvalue weighted by Crippen LogP contribution is -2.21. The first-order valence-corrected chi connectivity index (χ1v) is 6.21. The Bertz CT molecular complexity index is 459. The normalized spacial score (nSPS) is 12.2. The number of alkyl halides is 1. The number of nitrogens with zero attached hydrogens (tertiary/aromatic N) is 2. The molecule has 15 heavy (non-hydrogen) atoms. The third kappa shape index (κ3) is 2.23. The Morgan fingerprint density at radius 1 is 1.33 bits per heavy atom. The van der Waals surface area contributed by atoms with Crippen molar-refractivity contribution in [2.45, 2.75) is 20.4 Å². The van der Waals surface area contributed by atoms with Crippen LogP contribution in [0, 0.1) is 5.41 Å². The van der Waals surface area contributed by atoms with Gasteiger partial charge in [0, 0.05) is 17.3 Å². The van der Waals surface area contributed by atoms with E-state index in [0.29, 0.717) is 0 Å². The fourth-order valence-corrected chi connectivity index (χ4v) is 1.78. The van der Waals surface area contributed by atoms with Crippen LogP contribution < -0.4 is 0 Å². The second-order valence-corrected chi connectivity index (χ2v) is 5.22. The predicted molar refractivity (Wildman–Crippen MR) is 67.3 cm³/mol. The first kappa shape index (κ1) is 10.7. The second-order valence-electron chi connectivity index (χ2n) is 4.66. The molecule has 80 valence electrons. The van der Waals surface area contributed by atoms with E-state index in [9.17, 15) is 0 Å². The largest absolute Gasteiger partial charge is 0.264 e. The van der Waals surface area contributed by atoms with Gasteiger partial charge in [-0.2, -0.15) is 5.10 Å². The molecular weight excluding hydrogens is 252 g/mol. The Labute approximate surface area is 98.4 Å². The summed E-state index contributed by atoms with van der Waals surface area (Å²) in [5.41, 5.74) is 1.45. The molecule has 0 spiro atoms. The average molecular weight is 267 g/mol. The predicted octanol–water partition coefficient (Wildman–Crippen LogP) is 3.46. The average Bonchev–Trinajstić information content (AvgIpc) is 2.62. The van der Waals surface area contributed by atoms with Gasteiger partial charge in [0.1, 0.15) is 0 Å². The molecule has 0 fully saturated rings. The lowest BCUT2D eigenvalue weighted by molar-refractivity contribution is 0.342. The van der Waals surface area contributed by atoms with Crippen molar-refractivity contribution in [3.63, 3.8) is 0 Å². The van der Waals surface area contributed by atoms with Gasteiger partial charge in [-0.05, 0) is 11.5 Å². The van der Waals surface area contributed by atoms with Crippen LogP contribution in [0.25, 0.3) is 10.9 Å². The highest BCUT2D eigenvalue weighted by atomic mass is 79.9. The SMILES string of the molecule is CC(C)(CBr)Cn1ncc2ccccc21. The van der Waals surface area contributed by atoms with Crippen LogP contribution in [0.15, 0.2) is 30.5 Å². The number of hydrogen-bond acceptors (Lipinski definition) is 1. The zero-order valence-corrected chi connectivity index (χ0v) is 10.7. The van der Waals surface area contributed by atoms with E-state index in [1.807, 2.05) is 12.3 Å². The summed E-state index contributed by atoms with van der Waals surface area (Å²) < 4.78 is 2.08. The highest BCUT2D eigenvalue weighted by Gasteiger charge is 2.18. The minimum absolute atomic E-state index is 0.231. The number of fused-ring (bicyclic) bond motifs is 1. The molecule has 0 saturated carbocycles. The van der Waals surface area contributed by atoms with Gasteiger partial charge in [-0.1, -0.05) is 48.0 Å². The first-order chi connectivity index (χ1) is 7.12. The Morgan fingerprint density at radius 2 is 2.07 bits per heavy atom. The van der Waals surface area contributed by atoms with Gasteiger partial charge in [0.05, 0.1) is 11.7 Å². The molecule has 0 unspecified atom stereocenters. The Hall–Kier alpha value is -0.830. The maximum atomic E-state index is 4.42. The maximum absolute atomic E-state index is 4.42. The van der Waals surface area contributed by atoms with Crippen LogP contribution in [0.2, 0.25) is 0 Å². The summed E-state index contributed by atoms with van der Waals surface area (Å²) in [7, 11) is 0. The van der Waals surface area contributed by atoms with E-state index in [4.69, 9.17) is 0 Å². The summed E-state index contributed by atoms with van der Waals surface area (Å²) in [6.07, 6.45) is 1.93. The number of benzene rings is 1. The van der Waals surface area contributed by atoms with Crippen molar-refractivity contribution >= 4 is 26.8 Å². The molecule has 1 aromatic heterocycles.